The number of rotatable bonds is 5. The highest BCUT2D eigenvalue weighted by Gasteiger charge is 2.21. The number of fused-ring (bicyclic) bond motifs is 1. The average molecular weight is 394 g/mol. The van der Waals surface area contributed by atoms with E-state index in [1.807, 2.05) is 52.8 Å². The number of carbonyl (C=O) groups excluding carboxylic acids is 1. The van der Waals surface area contributed by atoms with E-state index in [1.54, 1.807) is 12.1 Å². The Balaban J connectivity index is 2.28. The molecule has 1 aromatic carbocycles. The maximum Gasteiger partial charge on any atom is 0.330 e. The number of amides is 1. The Morgan fingerprint density at radius 1 is 1.17 bits per heavy atom. The first kappa shape index (κ1) is 20.5. The van der Waals surface area contributed by atoms with Crippen molar-refractivity contribution in [3.05, 3.63) is 68.0 Å². The van der Waals surface area contributed by atoms with Crippen molar-refractivity contribution >= 4 is 22.6 Å². The molecule has 152 valence electrons. The molecule has 0 bridgehead atoms. The highest BCUT2D eigenvalue weighted by atomic mass is 16.2. The molecule has 3 aromatic rings. The molecule has 3 rings (SSSR count). The monoisotopic (exact) mass is 394 g/mol. The molecule has 2 aromatic heterocycles. The first-order valence-electron chi connectivity index (χ1n) is 9.73. The van der Waals surface area contributed by atoms with Crippen LogP contribution >= 0.6 is 0 Å². The van der Waals surface area contributed by atoms with Gasteiger partial charge < -0.3 is 5.32 Å². The van der Waals surface area contributed by atoms with Gasteiger partial charge in [0.1, 0.15) is 0 Å². The molecule has 2 heterocycles. The van der Waals surface area contributed by atoms with Crippen LogP contribution in [0.4, 0.5) is 5.69 Å². The number of nitrogens with one attached hydrogen (secondary N) is 2. The number of hydrogen-bond donors (Lipinski definition) is 2. The van der Waals surface area contributed by atoms with Crippen LogP contribution in [0.1, 0.15) is 55.2 Å². The number of aromatic nitrogens is 3. The number of aromatic amines is 1. The largest absolute Gasteiger partial charge is 0.330 e. The molecule has 0 saturated heterocycles. The molecule has 0 radical (unpaired) electrons. The predicted molar refractivity (Wildman–Crippen MR) is 115 cm³/mol. The van der Waals surface area contributed by atoms with Gasteiger partial charge in [-0.3, -0.25) is 19.1 Å². The summed E-state index contributed by atoms with van der Waals surface area (Å²) >= 11 is 0. The number of benzene rings is 1. The minimum Gasteiger partial charge on any atom is -0.322 e. The zero-order valence-corrected chi connectivity index (χ0v) is 17.4. The Labute approximate surface area is 168 Å². The highest BCUT2D eigenvalue weighted by molar-refractivity contribution is 6.12. The predicted octanol–water partition coefficient (Wildman–Crippen LogP) is 3.42. The van der Waals surface area contributed by atoms with Gasteiger partial charge in [0.2, 0.25) is 0 Å². The molecule has 29 heavy (non-hydrogen) atoms. The third-order valence-corrected chi connectivity index (χ3v) is 4.75. The number of para-hydroxylation sites is 1. The Hall–Kier alpha value is -3.22. The summed E-state index contributed by atoms with van der Waals surface area (Å²) in [5, 5.41) is 3.01. The van der Waals surface area contributed by atoms with E-state index in [4.69, 9.17) is 0 Å². The average Bonchev–Trinajstić information content (AvgIpc) is 2.65. The second-order valence-corrected chi connectivity index (χ2v) is 7.98. The molecule has 0 fully saturated rings. The number of nitrogens with zero attached hydrogens (tertiary/aromatic N) is 2. The number of carbonyl (C=O) groups is 1. The minimum atomic E-state index is -0.609. The van der Waals surface area contributed by atoms with Gasteiger partial charge in [-0.15, -0.1) is 0 Å². The SMILES string of the molecule is Cc1ccccc1NC(=O)c1cc(C(C)C)nc2c1c(=O)[nH]c(=O)n2CC(C)C. The lowest BCUT2D eigenvalue weighted by Crippen LogP contribution is -2.33. The van der Waals surface area contributed by atoms with Crippen LogP contribution in [0, 0.1) is 12.8 Å². The normalized spacial score (nSPS) is 11.4. The van der Waals surface area contributed by atoms with Crippen molar-refractivity contribution in [1.82, 2.24) is 14.5 Å². The molecule has 0 saturated carbocycles. The van der Waals surface area contributed by atoms with Crippen LogP contribution < -0.4 is 16.6 Å². The van der Waals surface area contributed by atoms with Crippen LogP contribution in [-0.2, 0) is 6.54 Å². The molecule has 7 nitrogen and oxygen atoms in total. The quantitative estimate of drug-likeness (QED) is 0.693. The van der Waals surface area contributed by atoms with E-state index < -0.39 is 17.2 Å². The summed E-state index contributed by atoms with van der Waals surface area (Å²) in [6.45, 7) is 10.1. The van der Waals surface area contributed by atoms with Crippen LogP contribution in [0.25, 0.3) is 11.0 Å². The van der Waals surface area contributed by atoms with Crippen molar-refractivity contribution in [2.24, 2.45) is 5.92 Å². The van der Waals surface area contributed by atoms with Crippen LogP contribution in [0.15, 0.2) is 39.9 Å². The fourth-order valence-corrected chi connectivity index (χ4v) is 3.21. The van der Waals surface area contributed by atoms with Crippen molar-refractivity contribution in [3.8, 4) is 0 Å². The molecule has 0 aliphatic carbocycles. The van der Waals surface area contributed by atoms with Gasteiger partial charge >= 0.3 is 5.69 Å². The summed E-state index contributed by atoms with van der Waals surface area (Å²) in [6.07, 6.45) is 0. The first-order valence-corrected chi connectivity index (χ1v) is 9.73. The molecule has 0 spiro atoms. The summed E-state index contributed by atoms with van der Waals surface area (Å²) in [5.74, 6) is -0.226. The Morgan fingerprint density at radius 2 is 1.86 bits per heavy atom. The zero-order chi connectivity index (χ0) is 21.3. The van der Waals surface area contributed by atoms with Gasteiger partial charge in [0, 0.05) is 17.9 Å². The van der Waals surface area contributed by atoms with E-state index in [2.05, 4.69) is 15.3 Å². The topological polar surface area (TPSA) is 96.8 Å². The third kappa shape index (κ3) is 4.13. The summed E-state index contributed by atoms with van der Waals surface area (Å²) in [5.41, 5.74) is 1.55. The number of anilines is 1. The smallest absolute Gasteiger partial charge is 0.322 e. The van der Waals surface area contributed by atoms with Gasteiger partial charge in [0.25, 0.3) is 11.5 Å². The number of H-pyrrole nitrogens is 1. The molecular formula is C22H26N4O3. The molecule has 7 heteroatoms. The number of hydrogen-bond acceptors (Lipinski definition) is 4. The molecule has 0 unspecified atom stereocenters. The van der Waals surface area contributed by atoms with Crippen molar-refractivity contribution in [1.29, 1.82) is 0 Å². The van der Waals surface area contributed by atoms with Crippen molar-refractivity contribution < 1.29 is 4.79 Å². The molecular weight excluding hydrogens is 368 g/mol. The van der Waals surface area contributed by atoms with Gasteiger partial charge in [0.15, 0.2) is 5.65 Å². The Kier molecular flexibility index (Phi) is 5.68. The van der Waals surface area contributed by atoms with Gasteiger partial charge in [-0.05, 0) is 36.5 Å². The second-order valence-electron chi connectivity index (χ2n) is 7.98. The lowest BCUT2D eigenvalue weighted by atomic mass is 10.0. The van der Waals surface area contributed by atoms with E-state index >= 15 is 0 Å². The summed E-state index contributed by atoms with van der Waals surface area (Å²) < 4.78 is 1.44. The molecule has 0 atom stereocenters. The second kappa shape index (κ2) is 8.03. The van der Waals surface area contributed by atoms with E-state index in [-0.39, 0.29) is 28.4 Å². The van der Waals surface area contributed by atoms with Crippen LogP contribution in [-0.4, -0.2) is 20.4 Å². The summed E-state index contributed by atoms with van der Waals surface area (Å²) in [4.78, 5) is 45.2. The van der Waals surface area contributed by atoms with Crippen molar-refractivity contribution in [2.45, 2.75) is 47.1 Å². The van der Waals surface area contributed by atoms with E-state index in [1.165, 1.54) is 4.57 Å². The van der Waals surface area contributed by atoms with Crippen LogP contribution in [0.5, 0.6) is 0 Å². The van der Waals surface area contributed by atoms with Gasteiger partial charge in [-0.1, -0.05) is 45.9 Å². The van der Waals surface area contributed by atoms with Crippen LogP contribution in [0.2, 0.25) is 0 Å². The number of pyridine rings is 1. The van der Waals surface area contributed by atoms with E-state index in [0.29, 0.717) is 17.9 Å². The van der Waals surface area contributed by atoms with Gasteiger partial charge in [0.05, 0.1) is 10.9 Å². The van der Waals surface area contributed by atoms with Gasteiger partial charge in [-0.2, -0.15) is 0 Å². The molecule has 2 N–H and O–H groups in total. The molecule has 0 aliphatic rings. The standard InChI is InChI=1S/C22H26N4O3/c1-12(2)11-26-19-18(21(28)25-22(26)29)15(10-17(23-19)13(3)4)20(27)24-16-9-7-6-8-14(16)5/h6-10,12-13H,11H2,1-5H3,(H,24,27)(H,25,28,29). The van der Waals surface area contributed by atoms with Crippen molar-refractivity contribution in [3.63, 3.8) is 0 Å². The molecule has 1 amide bonds. The maximum absolute atomic E-state index is 13.1. The Morgan fingerprint density at radius 3 is 2.48 bits per heavy atom. The van der Waals surface area contributed by atoms with E-state index in [0.717, 1.165) is 5.56 Å². The summed E-state index contributed by atoms with van der Waals surface area (Å²) in [6, 6.07) is 9.06. The number of aryl methyl sites for hydroxylation is 1. The summed E-state index contributed by atoms with van der Waals surface area (Å²) in [7, 11) is 0. The fourth-order valence-electron chi connectivity index (χ4n) is 3.21. The minimum absolute atomic E-state index is 0.0197. The zero-order valence-electron chi connectivity index (χ0n) is 17.4. The third-order valence-electron chi connectivity index (χ3n) is 4.75. The first-order chi connectivity index (χ1) is 13.7. The van der Waals surface area contributed by atoms with Gasteiger partial charge in [-0.25, -0.2) is 9.78 Å². The fraction of sp³-hybridized carbons (Fsp3) is 0.364. The maximum atomic E-state index is 13.1. The lowest BCUT2D eigenvalue weighted by Gasteiger charge is -2.16. The van der Waals surface area contributed by atoms with Crippen LogP contribution in [0.3, 0.4) is 0 Å². The lowest BCUT2D eigenvalue weighted by molar-refractivity contribution is 0.102. The molecule has 0 aliphatic heterocycles. The Bertz CT molecular complexity index is 1190. The van der Waals surface area contributed by atoms with Crippen molar-refractivity contribution in [2.75, 3.05) is 5.32 Å². The highest BCUT2D eigenvalue weighted by Crippen LogP contribution is 2.22. The van der Waals surface area contributed by atoms with E-state index in [9.17, 15) is 14.4 Å².